The van der Waals surface area contributed by atoms with Gasteiger partial charge in [-0.1, -0.05) is 17.4 Å². The maximum atomic E-state index is 14.1. The van der Waals surface area contributed by atoms with Crippen LogP contribution in [0.1, 0.15) is 21.5 Å². The molecular weight excluding hydrogens is 437 g/mol. The summed E-state index contributed by atoms with van der Waals surface area (Å²) in [5.74, 6) is -2.30. The maximum absolute atomic E-state index is 14.1. The van der Waals surface area contributed by atoms with Crippen molar-refractivity contribution in [3.05, 3.63) is 89.2 Å². The van der Waals surface area contributed by atoms with Gasteiger partial charge in [-0.2, -0.15) is 13.2 Å². The fourth-order valence-electron chi connectivity index (χ4n) is 2.92. The number of hydrogen-bond donors (Lipinski definition) is 0. The number of amides is 1. The van der Waals surface area contributed by atoms with Crippen LogP contribution >= 0.6 is 11.3 Å². The van der Waals surface area contributed by atoms with E-state index in [0.29, 0.717) is 11.6 Å². The molecule has 0 saturated carbocycles. The fraction of sp³-hybridized carbons (Fsp3) is 0.0952. The Bertz CT molecular complexity index is 1240. The topological polar surface area (TPSA) is 46.1 Å². The molecule has 0 unspecified atom stereocenters. The Morgan fingerprint density at radius 3 is 2.45 bits per heavy atom. The van der Waals surface area contributed by atoms with Crippen molar-refractivity contribution in [2.24, 2.45) is 0 Å². The number of thiazole rings is 1. The molecule has 31 heavy (non-hydrogen) atoms. The Kier molecular flexibility index (Phi) is 5.40. The molecule has 4 aromatic rings. The van der Waals surface area contributed by atoms with Crippen molar-refractivity contribution in [1.82, 2.24) is 9.97 Å². The predicted molar refractivity (Wildman–Crippen MR) is 106 cm³/mol. The molecule has 2 aromatic carbocycles. The average molecular weight is 449 g/mol. The van der Waals surface area contributed by atoms with Gasteiger partial charge in [-0.15, -0.1) is 0 Å². The van der Waals surface area contributed by atoms with Gasteiger partial charge < -0.3 is 0 Å². The Morgan fingerprint density at radius 1 is 1.06 bits per heavy atom. The quantitative estimate of drug-likeness (QED) is 0.368. The number of carbonyl (C=O) groups excluding carboxylic acids is 1. The summed E-state index contributed by atoms with van der Waals surface area (Å²) in [6.07, 6.45) is -1.48. The molecule has 0 aliphatic carbocycles. The second kappa shape index (κ2) is 8.03. The lowest BCUT2D eigenvalue weighted by Crippen LogP contribution is -2.30. The molecule has 0 spiro atoms. The normalized spacial score (nSPS) is 11.6. The first kappa shape index (κ1) is 20.9. The Hall–Kier alpha value is -3.40. The van der Waals surface area contributed by atoms with Crippen molar-refractivity contribution in [2.45, 2.75) is 12.7 Å². The van der Waals surface area contributed by atoms with Gasteiger partial charge in [-0.05, 0) is 42.0 Å². The summed E-state index contributed by atoms with van der Waals surface area (Å²) in [6.45, 7) is -0.0163. The monoisotopic (exact) mass is 449 g/mol. The third-order valence-electron chi connectivity index (χ3n) is 4.40. The lowest BCUT2D eigenvalue weighted by Gasteiger charge is -2.20. The third-order valence-corrected chi connectivity index (χ3v) is 5.43. The summed E-state index contributed by atoms with van der Waals surface area (Å²) < 4.78 is 66.4. The number of nitrogens with zero attached hydrogens (tertiary/aromatic N) is 3. The molecule has 4 nitrogen and oxygen atoms in total. The van der Waals surface area contributed by atoms with Crippen molar-refractivity contribution < 1.29 is 26.7 Å². The minimum absolute atomic E-state index is 0.0113. The second-order valence-corrected chi connectivity index (χ2v) is 7.57. The summed E-state index contributed by atoms with van der Waals surface area (Å²) in [7, 11) is 0. The summed E-state index contributed by atoms with van der Waals surface area (Å²) in [6, 6.07) is 8.90. The number of benzene rings is 2. The Balaban J connectivity index is 1.76. The molecule has 0 radical (unpaired) electrons. The van der Waals surface area contributed by atoms with Crippen molar-refractivity contribution >= 4 is 32.6 Å². The Morgan fingerprint density at radius 2 is 1.81 bits per heavy atom. The van der Waals surface area contributed by atoms with Gasteiger partial charge in [0, 0.05) is 24.0 Å². The van der Waals surface area contributed by atoms with Crippen LogP contribution in [-0.4, -0.2) is 15.9 Å². The van der Waals surface area contributed by atoms with Crippen LogP contribution < -0.4 is 4.90 Å². The first-order valence-electron chi connectivity index (χ1n) is 8.86. The third kappa shape index (κ3) is 4.38. The van der Waals surface area contributed by atoms with E-state index in [2.05, 4.69) is 9.97 Å². The first-order valence-corrected chi connectivity index (χ1v) is 9.67. The van der Waals surface area contributed by atoms with E-state index in [0.717, 1.165) is 41.7 Å². The van der Waals surface area contributed by atoms with Gasteiger partial charge in [0.05, 0.1) is 16.8 Å². The maximum Gasteiger partial charge on any atom is 0.416 e. The number of hydrogen-bond acceptors (Lipinski definition) is 4. The van der Waals surface area contributed by atoms with Crippen molar-refractivity contribution in [3.63, 3.8) is 0 Å². The number of anilines is 1. The summed E-state index contributed by atoms with van der Waals surface area (Å²) in [5, 5.41) is 0.0771. The van der Waals surface area contributed by atoms with Crippen molar-refractivity contribution in [2.75, 3.05) is 4.90 Å². The van der Waals surface area contributed by atoms with Gasteiger partial charge in [-0.25, -0.2) is 13.8 Å². The summed E-state index contributed by atoms with van der Waals surface area (Å²) in [4.78, 5) is 22.5. The van der Waals surface area contributed by atoms with Crippen LogP contribution in [0.2, 0.25) is 0 Å². The van der Waals surface area contributed by atoms with Crippen LogP contribution in [0.15, 0.2) is 60.9 Å². The number of pyridine rings is 1. The SMILES string of the molecule is O=C(c1ccc(C(F)(F)F)cc1)N(Cc1cccnc1)c1nc2c(F)cc(F)cc2s1. The molecular formula is C21H12F5N3OS. The molecule has 0 fully saturated rings. The van der Waals surface area contributed by atoms with E-state index >= 15 is 0 Å². The minimum atomic E-state index is -4.54. The zero-order chi connectivity index (χ0) is 22.2. The van der Waals surface area contributed by atoms with Crippen LogP contribution in [0.25, 0.3) is 10.2 Å². The zero-order valence-electron chi connectivity index (χ0n) is 15.5. The molecule has 0 atom stereocenters. The molecule has 1 amide bonds. The molecule has 2 heterocycles. The largest absolute Gasteiger partial charge is 0.416 e. The Labute approximate surface area is 176 Å². The molecule has 10 heteroatoms. The molecule has 0 aliphatic heterocycles. The highest BCUT2D eigenvalue weighted by Gasteiger charge is 2.31. The van der Waals surface area contributed by atoms with Gasteiger partial charge in [-0.3, -0.25) is 14.7 Å². The van der Waals surface area contributed by atoms with Crippen LogP contribution in [0, 0.1) is 11.6 Å². The number of carbonyl (C=O) groups is 1. The summed E-state index contributed by atoms with van der Waals surface area (Å²) >= 11 is 0.897. The molecule has 0 aliphatic rings. The number of alkyl halides is 3. The van der Waals surface area contributed by atoms with Gasteiger partial charge in [0.25, 0.3) is 5.91 Å². The van der Waals surface area contributed by atoms with Crippen LogP contribution in [0.5, 0.6) is 0 Å². The van der Waals surface area contributed by atoms with Gasteiger partial charge >= 0.3 is 6.18 Å². The fourth-order valence-corrected chi connectivity index (χ4v) is 3.92. The highest BCUT2D eigenvalue weighted by Crippen LogP contribution is 2.33. The molecule has 0 bridgehead atoms. The molecule has 158 valence electrons. The van der Waals surface area contributed by atoms with Crippen molar-refractivity contribution in [1.29, 1.82) is 0 Å². The molecule has 0 N–H and O–H groups in total. The number of fused-ring (bicyclic) bond motifs is 1. The first-order chi connectivity index (χ1) is 14.7. The zero-order valence-corrected chi connectivity index (χ0v) is 16.3. The van der Waals surface area contributed by atoms with E-state index < -0.39 is 29.3 Å². The van der Waals surface area contributed by atoms with Crippen LogP contribution in [0.4, 0.5) is 27.1 Å². The van der Waals surface area contributed by atoms with Gasteiger partial charge in [0.2, 0.25) is 0 Å². The number of rotatable bonds is 4. The predicted octanol–water partition coefficient (Wildman–Crippen LogP) is 5.84. The van der Waals surface area contributed by atoms with E-state index in [9.17, 15) is 26.7 Å². The smallest absolute Gasteiger partial charge is 0.279 e. The lowest BCUT2D eigenvalue weighted by molar-refractivity contribution is -0.137. The number of halogens is 5. The summed E-state index contributed by atoms with van der Waals surface area (Å²) in [5.41, 5.74) is -0.380. The van der Waals surface area contributed by atoms with E-state index in [1.165, 1.54) is 11.1 Å². The van der Waals surface area contributed by atoms with Crippen molar-refractivity contribution in [3.8, 4) is 0 Å². The number of aromatic nitrogens is 2. The molecule has 0 saturated heterocycles. The van der Waals surface area contributed by atoms with E-state index in [1.807, 2.05) is 0 Å². The minimum Gasteiger partial charge on any atom is -0.279 e. The average Bonchev–Trinajstić information content (AvgIpc) is 3.16. The highest BCUT2D eigenvalue weighted by molar-refractivity contribution is 7.22. The van der Waals surface area contributed by atoms with Gasteiger partial charge in [0.15, 0.2) is 10.9 Å². The van der Waals surface area contributed by atoms with E-state index in [1.54, 1.807) is 18.3 Å². The standard InChI is InChI=1S/C21H12F5N3OS/c22-15-8-16(23)18-17(9-15)31-20(28-18)29(11-12-2-1-7-27-10-12)19(30)13-3-5-14(6-4-13)21(24,25)26/h1-10H,11H2. The molecule has 2 aromatic heterocycles. The van der Waals surface area contributed by atoms with Crippen LogP contribution in [-0.2, 0) is 12.7 Å². The van der Waals surface area contributed by atoms with Crippen LogP contribution in [0.3, 0.4) is 0 Å². The lowest BCUT2D eigenvalue weighted by atomic mass is 10.1. The van der Waals surface area contributed by atoms with E-state index in [4.69, 9.17) is 0 Å². The van der Waals surface area contributed by atoms with E-state index in [-0.39, 0.29) is 27.5 Å². The second-order valence-electron chi connectivity index (χ2n) is 6.56. The van der Waals surface area contributed by atoms with Gasteiger partial charge in [0.1, 0.15) is 11.3 Å². The molecule has 4 rings (SSSR count). The highest BCUT2D eigenvalue weighted by atomic mass is 32.1.